The highest BCUT2D eigenvalue weighted by atomic mass is 16.2. The van der Waals surface area contributed by atoms with Crippen LogP contribution in [0.5, 0.6) is 0 Å². The quantitative estimate of drug-likeness (QED) is 0.756. The largest absolute Gasteiger partial charge is 0.353 e. The van der Waals surface area contributed by atoms with E-state index in [-0.39, 0.29) is 17.2 Å². The molecule has 0 spiro atoms. The van der Waals surface area contributed by atoms with Gasteiger partial charge < -0.3 is 10.6 Å². The summed E-state index contributed by atoms with van der Waals surface area (Å²) in [5, 5.41) is 5.69. The lowest BCUT2D eigenvalue weighted by Gasteiger charge is -2.19. The van der Waals surface area contributed by atoms with Gasteiger partial charge in [0.15, 0.2) is 0 Å². The molecule has 4 heteroatoms. The molecule has 1 aliphatic rings. The highest BCUT2D eigenvalue weighted by molar-refractivity contribution is 5.95. The fourth-order valence-electron chi connectivity index (χ4n) is 2.98. The summed E-state index contributed by atoms with van der Waals surface area (Å²) < 4.78 is 0. The maximum Gasteiger partial charge on any atom is 0.244 e. The monoisotopic (exact) mass is 348 g/mol. The van der Waals surface area contributed by atoms with E-state index in [1.807, 2.05) is 48.5 Å². The molecule has 2 N–H and O–H groups in total. The van der Waals surface area contributed by atoms with Crippen LogP contribution in [0.2, 0.25) is 0 Å². The zero-order valence-corrected chi connectivity index (χ0v) is 14.9. The van der Waals surface area contributed by atoms with Crippen molar-refractivity contribution >= 4 is 17.9 Å². The molecular formula is C22H24N2O2. The summed E-state index contributed by atoms with van der Waals surface area (Å²) in [5.41, 5.74) is 2.27. The Labute approximate surface area is 154 Å². The molecule has 0 saturated heterocycles. The Hall–Kier alpha value is -2.88. The molecule has 134 valence electrons. The normalized spacial score (nSPS) is 16.0. The van der Waals surface area contributed by atoms with Gasteiger partial charge in [-0.15, -0.1) is 0 Å². The Morgan fingerprint density at radius 1 is 1.04 bits per heavy atom. The summed E-state index contributed by atoms with van der Waals surface area (Å²) in [7, 11) is 0. The maximum atomic E-state index is 12.3. The Kier molecular flexibility index (Phi) is 5.52. The van der Waals surface area contributed by atoms with E-state index in [9.17, 15) is 9.59 Å². The van der Waals surface area contributed by atoms with E-state index in [0.717, 1.165) is 18.4 Å². The number of nitrogens with one attached hydrogen (secondary N) is 2. The third-order valence-electron chi connectivity index (χ3n) is 4.82. The van der Waals surface area contributed by atoms with Gasteiger partial charge in [-0.25, -0.2) is 0 Å². The summed E-state index contributed by atoms with van der Waals surface area (Å²) in [6.45, 7) is 2.31. The van der Waals surface area contributed by atoms with Crippen LogP contribution in [0.15, 0.2) is 66.7 Å². The number of amides is 2. The van der Waals surface area contributed by atoms with Gasteiger partial charge in [0, 0.05) is 18.0 Å². The van der Waals surface area contributed by atoms with E-state index >= 15 is 0 Å². The van der Waals surface area contributed by atoms with Crippen LogP contribution in [0, 0.1) is 0 Å². The van der Waals surface area contributed by atoms with Crippen molar-refractivity contribution in [1.29, 1.82) is 0 Å². The minimum atomic E-state index is -0.575. The summed E-state index contributed by atoms with van der Waals surface area (Å²) in [4.78, 5) is 24.3. The molecule has 3 rings (SSSR count). The number of carbonyl (C=O) groups excluding carboxylic acids is 2. The van der Waals surface area contributed by atoms with Crippen LogP contribution >= 0.6 is 0 Å². The number of benzene rings is 2. The van der Waals surface area contributed by atoms with E-state index in [2.05, 4.69) is 22.8 Å². The molecule has 0 aliphatic heterocycles. The number of rotatable bonds is 7. The lowest BCUT2D eigenvalue weighted by atomic mass is 9.96. The van der Waals surface area contributed by atoms with Crippen molar-refractivity contribution in [3.05, 3.63) is 77.9 Å². The van der Waals surface area contributed by atoms with Crippen molar-refractivity contribution in [2.45, 2.75) is 31.2 Å². The van der Waals surface area contributed by atoms with Crippen LogP contribution in [-0.2, 0) is 15.0 Å². The van der Waals surface area contributed by atoms with Crippen LogP contribution in [0.25, 0.3) is 6.08 Å². The van der Waals surface area contributed by atoms with Crippen LogP contribution < -0.4 is 10.6 Å². The molecule has 1 unspecified atom stereocenters. The van der Waals surface area contributed by atoms with Crippen molar-refractivity contribution in [3.63, 3.8) is 0 Å². The minimum Gasteiger partial charge on any atom is -0.353 e. The average molecular weight is 348 g/mol. The van der Waals surface area contributed by atoms with Gasteiger partial charge in [-0.3, -0.25) is 9.59 Å². The van der Waals surface area contributed by atoms with Gasteiger partial charge in [0.25, 0.3) is 0 Å². The average Bonchev–Trinajstić information content (AvgIpc) is 3.47. The number of hydrogen-bond donors (Lipinski definition) is 2. The van der Waals surface area contributed by atoms with Gasteiger partial charge in [-0.2, -0.15) is 0 Å². The second kappa shape index (κ2) is 8.00. The van der Waals surface area contributed by atoms with Gasteiger partial charge >= 0.3 is 0 Å². The highest BCUT2D eigenvalue weighted by Gasteiger charge is 2.44. The predicted molar refractivity (Wildman–Crippen MR) is 103 cm³/mol. The Morgan fingerprint density at radius 2 is 1.65 bits per heavy atom. The van der Waals surface area contributed by atoms with Crippen LogP contribution in [-0.4, -0.2) is 24.4 Å². The molecule has 0 bridgehead atoms. The first-order valence-electron chi connectivity index (χ1n) is 8.96. The Morgan fingerprint density at radius 3 is 2.27 bits per heavy atom. The first-order chi connectivity index (χ1) is 12.6. The Bertz CT molecular complexity index is 780. The first-order valence-corrected chi connectivity index (χ1v) is 8.96. The minimum absolute atomic E-state index is 0.0634. The Balaban J connectivity index is 1.47. The van der Waals surface area contributed by atoms with E-state index in [0.29, 0.717) is 6.54 Å². The summed E-state index contributed by atoms with van der Waals surface area (Å²) in [6.07, 6.45) is 5.34. The summed E-state index contributed by atoms with van der Waals surface area (Å²) in [5.74, 6) is -0.436. The van der Waals surface area contributed by atoms with Crippen LogP contribution in [0.4, 0.5) is 0 Å². The van der Waals surface area contributed by atoms with Gasteiger partial charge in [-0.1, -0.05) is 60.7 Å². The zero-order chi connectivity index (χ0) is 18.4. The molecule has 1 aliphatic carbocycles. The third kappa shape index (κ3) is 4.60. The van der Waals surface area contributed by atoms with Gasteiger partial charge in [-0.05, 0) is 37.0 Å². The van der Waals surface area contributed by atoms with Crippen molar-refractivity contribution < 1.29 is 9.59 Å². The number of hydrogen-bond acceptors (Lipinski definition) is 2. The second-order valence-corrected chi connectivity index (χ2v) is 6.84. The highest BCUT2D eigenvalue weighted by Crippen LogP contribution is 2.47. The molecule has 1 atom stereocenters. The molecule has 2 amide bonds. The van der Waals surface area contributed by atoms with Crippen molar-refractivity contribution in [2.24, 2.45) is 0 Å². The molecule has 1 fully saturated rings. The second-order valence-electron chi connectivity index (χ2n) is 6.84. The molecule has 26 heavy (non-hydrogen) atoms. The third-order valence-corrected chi connectivity index (χ3v) is 4.82. The molecule has 0 aromatic heterocycles. The van der Waals surface area contributed by atoms with Crippen molar-refractivity contribution in [2.75, 3.05) is 6.54 Å². The SMILES string of the molecule is CC(NC(=O)/C=C/c1ccccc1)C(=O)NCC1(c2ccccc2)CC1. The maximum absolute atomic E-state index is 12.3. The smallest absolute Gasteiger partial charge is 0.244 e. The van der Waals surface area contributed by atoms with Crippen molar-refractivity contribution in [3.8, 4) is 0 Å². The zero-order valence-electron chi connectivity index (χ0n) is 14.9. The molecule has 1 saturated carbocycles. The molecule has 0 heterocycles. The summed E-state index contributed by atoms with van der Waals surface area (Å²) in [6, 6.07) is 19.3. The molecule has 2 aromatic rings. The van der Waals surface area contributed by atoms with Crippen LogP contribution in [0.3, 0.4) is 0 Å². The standard InChI is InChI=1S/C22H24N2O2/c1-17(24-20(25)13-12-18-8-4-2-5-9-18)21(26)23-16-22(14-15-22)19-10-6-3-7-11-19/h2-13,17H,14-16H2,1H3,(H,23,26)(H,24,25)/b13-12+. The van der Waals surface area contributed by atoms with E-state index in [1.54, 1.807) is 13.0 Å². The lowest BCUT2D eigenvalue weighted by Crippen LogP contribution is -2.46. The predicted octanol–water partition coefficient (Wildman–Crippen LogP) is 3.05. The van der Waals surface area contributed by atoms with E-state index < -0.39 is 6.04 Å². The molecule has 0 radical (unpaired) electrons. The topological polar surface area (TPSA) is 58.2 Å². The van der Waals surface area contributed by atoms with Gasteiger partial charge in [0.2, 0.25) is 11.8 Å². The first kappa shape index (κ1) is 17.9. The van der Waals surface area contributed by atoms with Crippen molar-refractivity contribution in [1.82, 2.24) is 10.6 Å². The fourth-order valence-corrected chi connectivity index (χ4v) is 2.98. The molecular weight excluding hydrogens is 324 g/mol. The van der Waals surface area contributed by atoms with E-state index in [1.165, 1.54) is 11.6 Å². The number of carbonyl (C=O) groups is 2. The van der Waals surface area contributed by atoms with E-state index in [4.69, 9.17) is 0 Å². The summed E-state index contributed by atoms with van der Waals surface area (Å²) >= 11 is 0. The van der Waals surface area contributed by atoms with Gasteiger partial charge in [0.05, 0.1) is 0 Å². The van der Waals surface area contributed by atoms with Crippen LogP contribution in [0.1, 0.15) is 30.9 Å². The molecule has 4 nitrogen and oxygen atoms in total. The fraction of sp³-hybridized carbons (Fsp3) is 0.273. The molecule has 2 aromatic carbocycles. The lowest BCUT2D eigenvalue weighted by molar-refractivity contribution is -0.126. The van der Waals surface area contributed by atoms with Gasteiger partial charge in [0.1, 0.15) is 6.04 Å².